The molecule has 0 aliphatic rings. The Morgan fingerprint density at radius 3 is 2.85 bits per heavy atom. The molecule has 0 aliphatic heterocycles. The molecule has 1 unspecified atom stereocenters. The predicted molar refractivity (Wildman–Crippen MR) is 76.2 cm³/mol. The number of rotatable bonds is 3. The SMILES string of the molecule is CC(NC(=O)c1n[nH]c2ccncc12)c1ccccc1. The van der Waals surface area contributed by atoms with E-state index in [-0.39, 0.29) is 11.9 Å². The van der Waals surface area contributed by atoms with Crippen molar-refractivity contribution in [2.24, 2.45) is 0 Å². The highest BCUT2D eigenvalue weighted by atomic mass is 16.2. The Kier molecular flexibility index (Phi) is 3.16. The fourth-order valence-electron chi connectivity index (χ4n) is 2.12. The summed E-state index contributed by atoms with van der Waals surface area (Å²) < 4.78 is 0. The maximum absolute atomic E-state index is 12.3. The number of amides is 1. The topological polar surface area (TPSA) is 70.7 Å². The first kappa shape index (κ1) is 12.3. The maximum Gasteiger partial charge on any atom is 0.272 e. The van der Waals surface area contributed by atoms with Gasteiger partial charge in [0.2, 0.25) is 0 Å². The number of nitrogens with one attached hydrogen (secondary N) is 2. The fourth-order valence-corrected chi connectivity index (χ4v) is 2.12. The number of aromatic amines is 1. The van der Waals surface area contributed by atoms with Gasteiger partial charge >= 0.3 is 0 Å². The predicted octanol–water partition coefficient (Wildman–Crippen LogP) is 2.45. The lowest BCUT2D eigenvalue weighted by Gasteiger charge is -2.13. The number of hydrogen-bond donors (Lipinski definition) is 2. The molecule has 5 nitrogen and oxygen atoms in total. The minimum atomic E-state index is -0.208. The van der Waals surface area contributed by atoms with Crippen LogP contribution in [-0.2, 0) is 0 Å². The molecule has 0 fully saturated rings. The Labute approximate surface area is 116 Å². The summed E-state index contributed by atoms with van der Waals surface area (Å²) in [6.45, 7) is 1.94. The van der Waals surface area contributed by atoms with Crippen molar-refractivity contribution in [2.75, 3.05) is 0 Å². The molecule has 0 saturated heterocycles. The average molecular weight is 266 g/mol. The first-order chi connectivity index (χ1) is 9.75. The van der Waals surface area contributed by atoms with Crippen LogP contribution in [0.4, 0.5) is 0 Å². The van der Waals surface area contributed by atoms with Gasteiger partial charge in [-0.1, -0.05) is 30.3 Å². The van der Waals surface area contributed by atoms with Crippen LogP contribution in [-0.4, -0.2) is 21.1 Å². The smallest absolute Gasteiger partial charge is 0.272 e. The van der Waals surface area contributed by atoms with Gasteiger partial charge in [0.1, 0.15) is 0 Å². The molecule has 0 spiro atoms. The molecular weight excluding hydrogens is 252 g/mol. The minimum Gasteiger partial charge on any atom is -0.344 e. The van der Waals surface area contributed by atoms with Gasteiger partial charge in [0.15, 0.2) is 5.69 Å². The number of fused-ring (bicyclic) bond motifs is 1. The normalized spacial score (nSPS) is 12.2. The van der Waals surface area contributed by atoms with Gasteiger partial charge in [-0.05, 0) is 18.6 Å². The monoisotopic (exact) mass is 266 g/mol. The summed E-state index contributed by atoms with van der Waals surface area (Å²) in [6.07, 6.45) is 3.30. The molecule has 0 saturated carbocycles. The molecule has 0 aliphatic carbocycles. The molecule has 3 aromatic rings. The third-order valence-corrected chi connectivity index (χ3v) is 3.23. The van der Waals surface area contributed by atoms with Gasteiger partial charge in [0, 0.05) is 12.4 Å². The number of pyridine rings is 1. The second-order valence-corrected chi connectivity index (χ2v) is 4.60. The van der Waals surface area contributed by atoms with Crippen LogP contribution >= 0.6 is 0 Å². The summed E-state index contributed by atoms with van der Waals surface area (Å²) in [4.78, 5) is 16.3. The number of carbonyl (C=O) groups is 1. The zero-order valence-electron chi connectivity index (χ0n) is 11.0. The molecule has 1 amide bonds. The summed E-state index contributed by atoms with van der Waals surface area (Å²) in [5, 5.41) is 10.6. The number of aromatic nitrogens is 3. The number of carbonyl (C=O) groups excluding carboxylic acids is 1. The largest absolute Gasteiger partial charge is 0.344 e. The Morgan fingerprint density at radius 2 is 2.05 bits per heavy atom. The first-order valence-electron chi connectivity index (χ1n) is 6.39. The van der Waals surface area contributed by atoms with Crippen molar-refractivity contribution in [1.82, 2.24) is 20.5 Å². The Hall–Kier alpha value is -2.69. The van der Waals surface area contributed by atoms with Crippen molar-refractivity contribution < 1.29 is 4.79 Å². The van der Waals surface area contributed by atoms with Crippen molar-refractivity contribution >= 4 is 16.8 Å². The lowest BCUT2D eigenvalue weighted by molar-refractivity contribution is 0.0936. The lowest BCUT2D eigenvalue weighted by atomic mass is 10.1. The van der Waals surface area contributed by atoms with Crippen molar-refractivity contribution in [2.45, 2.75) is 13.0 Å². The van der Waals surface area contributed by atoms with Crippen molar-refractivity contribution in [1.29, 1.82) is 0 Å². The van der Waals surface area contributed by atoms with Crippen LogP contribution in [0, 0.1) is 0 Å². The highest BCUT2D eigenvalue weighted by molar-refractivity contribution is 6.04. The van der Waals surface area contributed by atoms with E-state index in [2.05, 4.69) is 20.5 Å². The van der Waals surface area contributed by atoms with Crippen LogP contribution in [0.2, 0.25) is 0 Å². The van der Waals surface area contributed by atoms with Gasteiger partial charge in [-0.25, -0.2) is 0 Å². The second kappa shape index (κ2) is 5.13. The van der Waals surface area contributed by atoms with Crippen LogP contribution in [0.3, 0.4) is 0 Å². The Morgan fingerprint density at radius 1 is 1.25 bits per heavy atom. The Bertz CT molecular complexity index is 736. The second-order valence-electron chi connectivity index (χ2n) is 4.60. The molecule has 5 heteroatoms. The zero-order valence-corrected chi connectivity index (χ0v) is 11.0. The number of hydrogen-bond acceptors (Lipinski definition) is 3. The van der Waals surface area contributed by atoms with E-state index in [1.807, 2.05) is 37.3 Å². The summed E-state index contributed by atoms with van der Waals surface area (Å²) in [5.41, 5.74) is 2.23. The van der Waals surface area contributed by atoms with E-state index in [1.54, 1.807) is 18.5 Å². The molecule has 2 N–H and O–H groups in total. The lowest BCUT2D eigenvalue weighted by Crippen LogP contribution is -2.27. The van der Waals surface area contributed by atoms with E-state index < -0.39 is 0 Å². The van der Waals surface area contributed by atoms with Gasteiger partial charge in [-0.2, -0.15) is 5.10 Å². The molecule has 20 heavy (non-hydrogen) atoms. The standard InChI is InChI=1S/C15H14N4O/c1-10(11-5-3-2-4-6-11)17-15(20)14-12-9-16-8-7-13(12)18-19-14/h2-10H,1H3,(H,17,20)(H,18,19). The Balaban J connectivity index is 1.83. The van der Waals surface area contributed by atoms with Gasteiger partial charge in [0.25, 0.3) is 5.91 Å². The fraction of sp³-hybridized carbons (Fsp3) is 0.133. The van der Waals surface area contributed by atoms with E-state index in [4.69, 9.17) is 0 Å². The molecule has 0 bridgehead atoms. The molecular formula is C15H14N4O. The van der Waals surface area contributed by atoms with E-state index in [9.17, 15) is 4.79 Å². The van der Waals surface area contributed by atoms with Crippen molar-refractivity contribution in [3.05, 3.63) is 60.0 Å². The van der Waals surface area contributed by atoms with E-state index in [0.717, 1.165) is 16.5 Å². The van der Waals surface area contributed by atoms with Gasteiger partial charge in [-0.15, -0.1) is 0 Å². The summed E-state index contributed by atoms with van der Waals surface area (Å²) >= 11 is 0. The quantitative estimate of drug-likeness (QED) is 0.765. The molecule has 2 aromatic heterocycles. The van der Waals surface area contributed by atoms with Crippen LogP contribution in [0.1, 0.15) is 29.0 Å². The maximum atomic E-state index is 12.3. The van der Waals surface area contributed by atoms with E-state index >= 15 is 0 Å². The number of nitrogens with zero attached hydrogens (tertiary/aromatic N) is 2. The molecule has 1 atom stereocenters. The van der Waals surface area contributed by atoms with E-state index in [0.29, 0.717) is 5.69 Å². The van der Waals surface area contributed by atoms with Crippen LogP contribution in [0.25, 0.3) is 10.9 Å². The number of benzene rings is 1. The van der Waals surface area contributed by atoms with Gasteiger partial charge in [-0.3, -0.25) is 14.9 Å². The third-order valence-electron chi connectivity index (χ3n) is 3.23. The molecule has 2 heterocycles. The van der Waals surface area contributed by atoms with Crippen molar-refractivity contribution in [3.63, 3.8) is 0 Å². The first-order valence-corrected chi connectivity index (χ1v) is 6.39. The third kappa shape index (κ3) is 2.25. The molecule has 1 aromatic carbocycles. The summed E-state index contributed by atoms with van der Waals surface area (Å²) in [5.74, 6) is -0.208. The van der Waals surface area contributed by atoms with Crippen molar-refractivity contribution in [3.8, 4) is 0 Å². The highest BCUT2D eigenvalue weighted by Crippen LogP contribution is 2.16. The molecule has 3 rings (SSSR count). The average Bonchev–Trinajstić information content (AvgIpc) is 2.92. The van der Waals surface area contributed by atoms with Gasteiger partial charge in [0.05, 0.1) is 16.9 Å². The van der Waals surface area contributed by atoms with Crippen LogP contribution in [0.5, 0.6) is 0 Å². The van der Waals surface area contributed by atoms with Gasteiger partial charge < -0.3 is 5.32 Å². The molecule has 0 radical (unpaired) electrons. The van der Waals surface area contributed by atoms with E-state index in [1.165, 1.54) is 0 Å². The summed E-state index contributed by atoms with van der Waals surface area (Å²) in [7, 11) is 0. The summed E-state index contributed by atoms with van der Waals surface area (Å²) in [6, 6.07) is 11.5. The number of H-pyrrole nitrogens is 1. The minimum absolute atomic E-state index is 0.0767. The molecule has 100 valence electrons. The van der Waals surface area contributed by atoms with Crippen LogP contribution in [0.15, 0.2) is 48.8 Å². The highest BCUT2D eigenvalue weighted by Gasteiger charge is 2.16. The zero-order chi connectivity index (χ0) is 13.9. The van der Waals surface area contributed by atoms with Crippen LogP contribution < -0.4 is 5.32 Å².